The van der Waals surface area contributed by atoms with Gasteiger partial charge in [0.1, 0.15) is 0 Å². The van der Waals surface area contributed by atoms with Gasteiger partial charge in [-0.05, 0) is 51.4 Å². The quantitative estimate of drug-likeness (QED) is 0.0320. The molecule has 6 heteroatoms. The van der Waals surface area contributed by atoms with Crippen LogP contribution in [0.25, 0.3) is 0 Å². The van der Waals surface area contributed by atoms with Crippen molar-refractivity contribution in [2.45, 2.75) is 411 Å². The molecule has 0 rings (SSSR count). The third-order valence-corrected chi connectivity index (χ3v) is 16.6. The molecule has 0 spiro atoms. The van der Waals surface area contributed by atoms with Gasteiger partial charge in [0.05, 0.1) is 25.4 Å². The zero-order valence-corrected chi connectivity index (χ0v) is 51.8. The number of amides is 1. The lowest BCUT2D eigenvalue weighted by atomic mass is 10.0. The first kappa shape index (κ1) is 74.6. The van der Waals surface area contributed by atoms with Crippen molar-refractivity contribution in [2.24, 2.45) is 0 Å². The number of carbonyl (C=O) groups excluding carboxylic acids is 2. The van der Waals surface area contributed by atoms with Crippen LogP contribution >= 0.6 is 0 Å². The maximum absolute atomic E-state index is 12.5. The fraction of sp³-hybridized carbons (Fsp3) is 0.943. The van der Waals surface area contributed by atoms with Crippen LogP contribution in [0.3, 0.4) is 0 Å². The van der Waals surface area contributed by atoms with Gasteiger partial charge >= 0.3 is 5.97 Å². The summed E-state index contributed by atoms with van der Waals surface area (Å²) in [5.41, 5.74) is 0. The van der Waals surface area contributed by atoms with Gasteiger partial charge in [0.15, 0.2) is 0 Å². The van der Waals surface area contributed by atoms with Gasteiger partial charge < -0.3 is 20.3 Å². The Labute approximate surface area is 476 Å². The molecule has 0 aliphatic rings. The molecule has 0 aromatic rings. The molecule has 76 heavy (non-hydrogen) atoms. The van der Waals surface area contributed by atoms with Gasteiger partial charge in [-0.1, -0.05) is 347 Å². The van der Waals surface area contributed by atoms with Gasteiger partial charge in [-0.25, -0.2) is 0 Å². The SMILES string of the molecule is CCCCCCCCC/C=C\CCCCCCCC(=O)OCCCCCCCCCCCCCCCCCCCCCCCCCCCC(=O)NC(CO)C(O)CCCCCCCCCCCCCCCCCCCC. The van der Waals surface area contributed by atoms with Gasteiger partial charge in [-0.15, -0.1) is 0 Å². The first-order valence-electron chi connectivity index (χ1n) is 34.9. The second-order valence-corrected chi connectivity index (χ2v) is 24.2. The summed E-state index contributed by atoms with van der Waals surface area (Å²) in [5.74, 6) is -0.0190. The van der Waals surface area contributed by atoms with Crippen LogP contribution in [0.4, 0.5) is 0 Å². The molecule has 0 radical (unpaired) electrons. The first-order valence-corrected chi connectivity index (χ1v) is 34.9. The Kier molecular flexibility index (Phi) is 64.9. The van der Waals surface area contributed by atoms with E-state index in [0.717, 1.165) is 44.9 Å². The summed E-state index contributed by atoms with van der Waals surface area (Å²) in [6.07, 6.45) is 81.1. The smallest absolute Gasteiger partial charge is 0.305 e. The maximum atomic E-state index is 12.5. The minimum atomic E-state index is -0.663. The number of hydrogen-bond acceptors (Lipinski definition) is 5. The molecule has 3 N–H and O–H groups in total. The molecule has 2 atom stereocenters. The Morgan fingerprint density at radius 3 is 0.934 bits per heavy atom. The van der Waals surface area contributed by atoms with Crippen molar-refractivity contribution in [1.82, 2.24) is 5.32 Å². The summed E-state index contributed by atoms with van der Waals surface area (Å²) in [5, 5.41) is 23.4. The highest BCUT2D eigenvalue weighted by Crippen LogP contribution is 2.19. The average Bonchev–Trinajstić information content (AvgIpc) is 3.42. The molecule has 6 nitrogen and oxygen atoms in total. The molecule has 0 aliphatic carbocycles. The maximum Gasteiger partial charge on any atom is 0.305 e. The predicted octanol–water partition coefficient (Wildman–Crippen LogP) is 22.4. The highest BCUT2D eigenvalue weighted by Gasteiger charge is 2.20. The predicted molar refractivity (Wildman–Crippen MR) is 333 cm³/mol. The van der Waals surface area contributed by atoms with Crippen LogP contribution in [0.2, 0.25) is 0 Å². The summed E-state index contributed by atoms with van der Waals surface area (Å²) in [4.78, 5) is 24.6. The Morgan fingerprint density at radius 2 is 0.618 bits per heavy atom. The number of allylic oxidation sites excluding steroid dienone is 2. The third-order valence-electron chi connectivity index (χ3n) is 16.6. The van der Waals surface area contributed by atoms with E-state index in [1.807, 2.05) is 0 Å². The molecule has 0 saturated carbocycles. The third kappa shape index (κ3) is 61.8. The minimum absolute atomic E-state index is 0.0101. The van der Waals surface area contributed by atoms with E-state index in [4.69, 9.17) is 4.74 Å². The molecule has 452 valence electrons. The van der Waals surface area contributed by atoms with Crippen LogP contribution in [0.1, 0.15) is 399 Å². The Hall–Kier alpha value is -1.40. The second-order valence-electron chi connectivity index (χ2n) is 24.2. The number of nitrogens with one attached hydrogen (secondary N) is 1. The molecule has 0 fully saturated rings. The monoisotopic (exact) mass is 1070 g/mol. The van der Waals surface area contributed by atoms with E-state index >= 15 is 0 Å². The molecule has 0 heterocycles. The second kappa shape index (κ2) is 66.1. The zero-order chi connectivity index (χ0) is 55.0. The Balaban J connectivity index is 3.35. The van der Waals surface area contributed by atoms with Crippen molar-refractivity contribution in [3.8, 4) is 0 Å². The van der Waals surface area contributed by atoms with Crippen molar-refractivity contribution in [1.29, 1.82) is 0 Å². The lowest BCUT2D eigenvalue weighted by Crippen LogP contribution is -2.45. The number of esters is 1. The molecule has 0 saturated heterocycles. The number of aliphatic hydroxyl groups is 2. The molecular weight excluding hydrogens is 935 g/mol. The van der Waals surface area contributed by atoms with Gasteiger partial charge in [0, 0.05) is 12.8 Å². The van der Waals surface area contributed by atoms with E-state index in [1.165, 1.54) is 321 Å². The van der Waals surface area contributed by atoms with Crippen LogP contribution in [-0.2, 0) is 14.3 Å². The van der Waals surface area contributed by atoms with Gasteiger partial charge in [0.2, 0.25) is 5.91 Å². The molecule has 0 aromatic heterocycles. The van der Waals surface area contributed by atoms with E-state index in [2.05, 4.69) is 31.3 Å². The average molecular weight is 1070 g/mol. The molecule has 0 bridgehead atoms. The van der Waals surface area contributed by atoms with Crippen molar-refractivity contribution in [3.05, 3.63) is 12.2 Å². The minimum Gasteiger partial charge on any atom is -0.466 e. The van der Waals surface area contributed by atoms with Crippen LogP contribution in [0.5, 0.6) is 0 Å². The van der Waals surface area contributed by atoms with Crippen LogP contribution in [-0.4, -0.2) is 47.4 Å². The van der Waals surface area contributed by atoms with Gasteiger partial charge in [0.25, 0.3) is 0 Å². The van der Waals surface area contributed by atoms with Crippen molar-refractivity contribution < 1.29 is 24.5 Å². The van der Waals surface area contributed by atoms with Crippen molar-refractivity contribution in [2.75, 3.05) is 13.2 Å². The normalized spacial score (nSPS) is 12.5. The Bertz CT molecular complexity index is 1140. The highest BCUT2D eigenvalue weighted by atomic mass is 16.5. The van der Waals surface area contributed by atoms with E-state index in [-0.39, 0.29) is 18.5 Å². The number of rotatable bonds is 66. The summed E-state index contributed by atoms with van der Waals surface area (Å²) in [6.45, 7) is 4.99. The van der Waals surface area contributed by atoms with Crippen LogP contribution < -0.4 is 5.32 Å². The van der Waals surface area contributed by atoms with Crippen LogP contribution in [0, 0.1) is 0 Å². The van der Waals surface area contributed by atoms with E-state index in [1.54, 1.807) is 0 Å². The largest absolute Gasteiger partial charge is 0.466 e. The summed E-state index contributed by atoms with van der Waals surface area (Å²) < 4.78 is 5.50. The number of hydrogen-bond donors (Lipinski definition) is 3. The summed E-state index contributed by atoms with van der Waals surface area (Å²) in [6, 6.07) is -0.540. The van der Waals surface area contributed by atoms with E-state index < -0.39 is 12.1 Å². The number of aliphatic hydroxyl groups excluding tert-OH is 2. The molecule has 0 aliphatic heterocycles. The van der Waals surface area contributed by atoms with Crippen molar-refractivity contribution in [3.63, 3.8) is 0 Å². The molecule has 1 amide bonds. The standard InChI is InChI=1S/C70H137NO5/c1-3-5-7-9-11-13-15-17-19-21-31-34-38-42-46-50-54-58-62-68(73)67(66-72)71-69(74)63-59-55-51-47-43-39-35-32-29-27-25-23-22-24-26-28-30-33-37-41-45-49-53-57-61-65-76-70(75)64-60-56-52-48-44-40-36-20-18-16-14-12-10-8-6-4-2/h20,36,67-68,72-73H,3-19,21-35,37-66H2,1-2H3,(H,71,74)/b36-20-. The highest BCUT2D eigenvalue weighted by molar-refractivity contribution is 5.76. The lowest BCUT2D eigenvalue weighted by molar-refractivity contribution is -0.143. The zero-order valence-electron chi connectivity index (χ0n) is 51.8. The van der Waals surface area contributed by atoms with E-state index in [0.29, 0.717) is 25.9 Å². The van der Waals surface area contributed by atoms with Crippen molar-refractivity contribution >= 4 is 11.9 Å². The number of carbonyl (C=O) groups is 2. The summed E-state index contributed by atoms with van der Waals surface area (Å²) in [7, 11) is 0. The summed E-state index contributed by atoms with van der Waals surface area (Å²) >= 11 is 0. The van der Waals surface area contributed by atoms with Crippen LogP contribution in [0.15, 0.2) is 12.2 Å². The van der Waals surface area contributed by atoms with Gasteiger partial charge in [-0.2, -0.15) is 0 Å². The molecule has 2 unspecified atom stereocenters. The first-order chi connectivity index (χ1) is 37.5. The van der Waals surface area contributed by atoms with E-state index in [9.17, 15) is 19.8 Å². The topological polar surface area (TPSA) is 95.9 Å². The van der Waals surface area contributed by atoms with Gasteiger partial charge in [-0.3, -0.25) is 9.59 Å². The lowest BCUT2D eigenvalue weighted by Gasteiger charge is -2.22. The number of unbranched alkanes of at least 4 members (excludes halogenated alkanes) is 53. The number of ether oxygens (including phenoxy) is 1. The fourth-order valence-corrected chi connectivity index (χ4v) is 11.2. The molecular formula is C70H137NO5. The fourth-order valence-electron chi connectivity index (χ4n) is 11.2. The Morgan fingerprint density at radius 1 is 0.355 bits per heavy atom. The molecule has 0 aromatic carbocycles.